The van der Waals surface area contributed by atoms with Gasteiger partial charge in [0.1, 0.15) is 23.0 Å². The Balaban J connectivity index is 2.40. The molecule has 0 aliphatic carbocycles. The van der Waals surface area contributed by atoms with Crippen LogP contribution in [0.4, 0.5) is 0 Å². The van der Waals surface area contributed by atoms with Gasteiger partial charge in [-0.1, -0.05) is 11.6 Å². The van der Waals surface area contributed by atoms with Crippen LogP contribution < -0.4 is 18.9 Å². The topological polar surface area (TPSA) is 54.0 Å². The zero-order chi connectivity index (χ0) is 21.4. The molecule has 0 amide bonds. The molecule has 0 N–H and O–H groups in total. The van der Waals surface area contributed by atoms with Crippen LogP contribution in [0.2, 0.25) is 0 Å². The van der Waals surface area contributed by atoms with Crippen LogP contribution in [0.3, 0.4) is 0 Å². The highest BCUT2D eigenvalue weighted by Crippen LogP contribution is 2.31. The molecule has 2 rings (SSSR count). The summed E-state index contributed by atoms with van der Waals surface area (Å²) in [6.07, 6.45) is 6.00. The van der Waals surface area contributed by atoms with E-state index in [2.05, 4.69) is 6.08 Å². The summed E-state index contributed by atoms with van der Waals surface area (Å²) >= 11 is 0. The fourth-order valence-electron chi connectivity index (χ4n) is 2.84. The SMILES string of the molecule is COc1ccc(/C=C\C(=O)c2cc(CC=C(C)C)c(OC)cc2OC)c(OC)c1. The predicted octanol–water partition coefficient (Wildman–Crippen LogP) is 5.13. The number of ether oxygens (including phenoxy) is 4. The molecule has 154 valence electrons. The molecule has 0 saturated heterocycles. The van der Waals surface area contributed by atoms with Gasteiger partial charge < -0.3 is 18.9 Å². The molecule has 0 aliphatic heterocycles. The van der Waals surface area contributed by atoms with Crippen molar-refractivity contribution in [2.75, 3.05) is 28.4 Å². The molecule has 0 bridgehead atoms. The van der Waals surface area contributed by atoms with Crippen molar-refractivity contribution in [1.82, 2.24) is 0 Å². The summed E-state index contributed by atoms with van der Waals surface area (Å²) in [6, 6.07) is 9.01. The standard InChI is InChI=1S/C24H28O5/c1-16(2)7-8-18-13-20(24(29-6)15-23(18)28-5)21(25)12-10-17-9-11-19(26-3)14-22(17)27-4/h7,9-15H,8H2,1-6H3/b12-10-. The third-order valence-electron chi connectivity index (χ3n) is 4.45. The van der Waals surface area contributed by atoms with Crippen LogP contribution >= 0.6 is 0 Å². The number of hydrogen-bond donors (Lipinski definition) is 0. The maximum atomic E-state index is 12.9. The first-order valence-electron chi connectivity index (χ1n) is 9.26. The predicted molar refractivity (Wildman–Crippen MR) is 116 cm³/mol. The molecule has 0 unspecified atom stereocenters. The molecule has 0 heterocycles. The number of allylic oxidation sites excluding steroid dienone is 3. The van der Waals surface area contributed by atoms with Gasteiger partial charge in [0.15, 0.2) is 5.78 Å². The first-order chi connectivity index (χ1) is 13.9. The molecule has 0 radical (unpaired) electrons. The van der Waals surface area contributed by atoms with Gasteiger partial charge >= 0.3 is 0 Å². The molecule has 2 aromatic rings. The number of benzene rings is 2. The Bertz CT molecular complexity index is 921. The Morgan fingerprint density at radius 2 is 1.55 bits per heavy atom. The van der Waals surface area contributed by atoms with Crippen molar-refractivity contribution in [3.05, 3.63) is 64.7 Å². The minimum Gasteiger partial charge on any atom is -0.497 e. The van der Waals surface area contributed by atoms with Crippen LogP contribution in [0.15, 0.2) is 48.1 Å². The Hall–Kier alpha value is -3.21. The van der Waals surface area contributed by atoms with Crippen molar-refractivity contribution in [2.24, 2.45) is 0 Å². The molecule has 5 nitrogen and oxygen atoms in total. The molecule has 0 aliphatic rings. The largest absolute Gasteiger partial charge is 0.497 e. The highest BCUT2D eigenvalue weighted by atomic mass is 16.5. The van der Waals surface area contributed by atoms with Crippen molar-refractivity contribution >= 4 is 11.9 Å². The van der Waals surface area contributed by atoms with Crippen LogP contribution in [0.5, 0.6) is 23.0 Å². The second-order valence-corrected chi connectivity index (χ2v) is 6.66. The summed E-state index contributed by atoms with van der Waals surface area (Å²) in [5.74, 6) is 2.31. The normalized spacial score (nSPS) is 10.6. The average Bonchev–Trinajstić information content (AvgIpc) is 2.74. The Labute approximate surface area is 172 Å². The molecular formula is C24H28O5. The zero-order valence-electron chi connectivity index (χ0n) is 17.9. The van der Waals surface area contributed by atoms with E-state index in [1.54, 1.807) is 39.5 Å². The zero-order valence-corrected chi connectivity index (χ0v) is 17.9. The lowest BCUT2D eigenvalue weighted by molar-refractivity contribution is 0.104. The van der Waals surface area contributed by atoms with E-state index in [1.807, 2.05) is 32.0 Å². The quantitative estimate of drug-likeness (QED) is 0.334. The Kier molecular flexibility index (Phi) is 7.89. The van der Waals surface area contributed by atoms with Gasteiger partial charge in [-0.05, 0) is 56.2 Å². The lowest BCUT2D eigenvalue weighted by Gasteiger charge is -2.13. The maximum absolute atomic E-state index is 12.9. The molecule has 0 fully saturated rings. The minimum atomic E-state index is -0.166. The second-order valence-electron chi connectivity index (χ2n) is 6.66. The molecular weight excluding hydrogens is 368 g/mol. The van der Waals surface area contributed by atoms with Gasteiger partial charge in [0, 0.05) is 17.7 Å². The number of rotatable bonds is 9. The van der Waals surface area contributed by atoms with Gasteiger partial charge in [-0.2, -0.15) is 0 Å². The van der Waals surface area contributed by atoms with Crippen molar-refractivity contribution in [2.45, 2.75) is 20.3 Å². The van der Waals surface area contributed by atoms with Crippen LogP contribution in [0.1, 0.15) is 35.3 Å². The van der Waals surface area contributed by atoms with E-state index < -0.39 is 0 Å². The lowest BCUT2D eigenvalue weighted by atomic mass is 10.0. The summed E-state index contributed by atoms with van der Waals surface area (Å²) in [6.45, 7) is 4.07. The van der Waals surface area contributed by atoms with E-state index in [0.717, 1.165) is 11.1 Å². The van der Waals surface area contributed by atoms with E-state index in [9.17, 15) is 4.79 Å². The smallest absolute Gasteiger partial charge is 0.189 e. The van der Waals surface area contributed by atoms with Crippen LogP contribution in [0, 0.1) is 0 Å². The molecule has 0 saturated carbocycles. The van der Waals surface area contributed by atoms with Gasteiger partial charge in [0.2, 0.25) is 0 Å². The molecule has 29 heavy (non-hydrogen) atoms. The monoisotopic (exact) mass is 396 g/mol. The van der Waals surface area contributed by atoms with E-state index in [0.29, 0.717) is 35.0 Å². The summed E-state index contributed by atoms with van der Waals surface area (Å²) in [7, 11) is 6.32. The summed E-state index contributed by atoms with van der Waals surface area (Å²) in [4.78, 5) is 12.9. The van der Waals surface area contributed by atoms with E-state index in [1.165, 1.54) is 18.8 Å². The molecule has 0 aromatic heterocycles. The molecule has 2 aromatic carbocycles. The van der Waals surface area contributed by atoms with Crippen molar-refractivity contribution in [1.29, 1.82) is 0 Å². The first-order valence-corrected chi connectivity index (χ1v) is 9.26. The first kappa shape index (κ1) is 22.1. The van der Waals surface area contributed by atoms with Gasteiger partial charge in [-0.3, -0.25) is 4.79 Å². The fourth-order valence-corrected chi connectivity index (χ4v) is 2.84. The molecule has 0 spiro atoms. The second kappa shape index (κ2) is 10.4. The number of carbonyl (C=O) groups is 1. The van der Waals surface area contributed by atoms with Crippen molar-refractivity contribution in [3.8, 4) is 23.0 Å². The summed E-state index contributed by atoms with van der Waals surface area (Å²) < 4.78 is 21.5. The highest BCUT2D eigenvalue weighted by Gasteiger charge is 2.15. The number of hydrogen-bond acceptors (Lipinski definition) is 5. The van der Waals surface area contributed by atoms with E-state index >= 15 is 0 Å². The van der Waals surface area contributed by atoms with Gasteiger partial charge in [0.25, 0.3) is 0 Å². The van der Waals surface area contributed by atoms with Gasteiger partial charge in [-0.25, -0.2) is 0 Å². The molecule has 0 atom stereocenters. The van der Waals surface area contributed by atoms with Gasteiger partial charge in [0.05, 0.1) is 34.0 Å². The number of ketones is 1. The third kappa shape index (κ3) is 5.64. The highest BCUT2D eigenvalue weighted by molar-refractivity contribution is 6.09. The fraction of sp³-hybridized carbons (Fsp3) is 0.292. The van der Waals surface area contributed by atoms with Gasteiger partial charge in [-0.15, -0.1) is 0 Å². The number of methoxy groups -OCH3 is 4. The Morgan fingerprint density at radius 1 is 0.862 bits per heavy atom. The third-order valence-corrected chi connectivity index (χ3v) is 4.45. The maximum Gasteiger partial charge on any atom is 0.189 e. The van der Waals surface area contributed by atoms with Crippen LogP contribution in [-0.4, -0.2) is 34.2 Å². The van der Waals surface area contributed by atoms with Crippen molar-refractivity contribution in [3.63, 3.8) is 0 Å². The minimum absolute atomic E-state index is 0.166. The Morgan fingerprint density at radius 3 is 2.14 bits per heavy atom. The summed E-state index contributed by atoms with van der Waals surface area (Å²) in [5.41, 5.74) is 3.38. The summed E-state index contributed by atoms with van der Waals surface area (Å²) in [5, 5.41) is 0. The average molecular weight is 396 g/mol. The van der Waals surface area contributed by atoms with E-state index in [4.69, 9.17) is 18.9 Å². The number of carbonyl (C=O) groups excluding carboxylic acids is 1. The van der Waals surface area contributed by atoms with Crippen LogP contribution in [0.25, 0.3) is 6.08 Å². The van der Waals surface area contributed by atoms with E-state index in [-0.39, 0.29) is 5.78 Å². The van der Waals surface area contributed by atoms with Crippen LogP contribution in [-0.2, 0) is 6.42 Å². The van der Waals surface area contributed by atoms with Crippen molar-refractivity contribution < 1.29 is 23.7 Å². The molecule has 5 heteroatoms. The lowest BCUT2D eigenvalue weighted by Crippen LogP contribution is -2.03.